The molecule has 2 rings (SSSR count). The zero-order chi connectivity index (χ0) is 13.2. The van der Waals surface area contributed by atoms with Crippen molar-refractivity contribution >= 4 is 17.3 Å². The third-order valence-electron chi connectivity index (χ3n) is 2.69. The molecule has 0 bridgehead atoms. The third kappa shape index (κ3) is 3.38. The van der Waals surface area contributed by atoms with Crippen LogP contribution >= 0.6 is 0 Å². The number of rotatable bonds is 2. The van der Waals surface area contributed by atoms with Crippen molar-refractivity contribution in [2.45, 2.75) is 25.4 Å². The molecule has 6 heteroatoms. The van der Waals surface area contributed by atoms with E-state index in [1.165, 1.54) is 0 Å². The minimum absolute atomic E-state index is 0.409. The molecule has 1 aromatic carbocycles. The lowest BCUT2D eigenvalue weighted by atomic mass is 10.0. The molecule has 0 aromatic heterocycles. The van der Waals surface area contributed by atoms with E-state index >= 15 is 0 Å². The predicted octanol–water partition coefficient (Wildman–Crippen LogP) is 2.94. The number of aryl methyl sites for hydroxylation is 1. The molecule has 0 unspecified atom stereocenters. The molecule has 0 saturated carbocycles. The smallest absolute Gasteiger partial charge is 0.385 e. The Hall–Kier alpha value is -1.72. The van der Waals surface area contributed by atoms with Crippen LogP contribution in [0, 0.1) is 0 Å². The molecule has 1 aliphatic heterocycles. The van der Waals surface area contributed by atoms with E-state index in [1.54, 1.807) is 18.2 Å². The van der Waals surface area contributed by atoms with E-state index in [0.717, 1.165) is 30.6 Å². The fourth-order valence-corrected chi connectivity index (χ4v) is 1.94. The molecule has 0 radical (unpaired) electrons. The van der Waals surface area contributed by atoms with Gasteiger partial charge < -0.3 is 10.6 Å². The molecule has 18 heavy (non-hydrogen) atoms. The van der Waals surface area contributed by atoms with Gasteiger partial charge in [0.2, 0.25) is 5.91 Å². The van der Waals surface area contributed by atoms with Gasteiger partial charge in [-0.15, -0.1) is 0 Å². The summed E-state index contributed by atoms with van der Waals surface area (Å²) < 4.78 is 36.0. The van der Waals surface area contributed by atoms with Crippen molar-refractivity contribution in [2.75, 3.05) is 17.2 Å². The SMILES string of the molecule is O=C(CC(F)(F)F)Nc1ccc2c(c1)CCCN2. The average molecular weight is 258 g/mol. The molecule has 0 aliphatic carbocycles. The van der Waals surface area contributed by atoms with Gasteiger partial charge in [-0.3, -0.25) is 4.79 Å². The number of carbonyl (C=O) groups excluding carboxylic acids is 1. The normalized spacial score (nSPS) is 14.6. The van der Waals surface area contributed by atoms with Crippen LogP contribution in [0.1, 0.15) is 18.4 Å². The summed E-state index contributed by atoms with van der Waals surface area (Å²) >= 11 is 0. The highest BCUT2D eigenvalue weighted by Crippen LogP contribution is 2.26. The molecule has 2 N–H and O–H groups in total. The fraction of sp³-hybridized carbons (Fsp3) is 0.417. The topological polar surface area (TPSA) is 41.1 Å². The molecular formula is C12H13F3N2O. The molecular weight excluding hydrogens is 245 g/mol. The third-order valence-corrected chi connectivity index (χ3v) is 2.69. The molecule has 0 fully saturated rings. The van der Waals surface area contributed by atoms with Gasteiger partial charge in [-0.05, 0) is 36.6 Å². The van der Waals surface area contributed by atoms with Crippen molar-refractivity contribution in [3.8, 4) is 0 Å². The van der Waals surface area contributed by atoms with E-state index in [-0.39, 0.29) is 0 Å². The number of amides is 1. The largest absolute Gasteiger partial charge is 0.397 e. The van der Waals surface area contributed by atoms with E-state index in [0.29, 0.717) is 5.69 Å². The van der Waals surface area contributed by atoms with Crippen LogP contribution in [0.3, 0.4) is 0 Å². The Labute approximate surface area is 102 Å². The highest BCUT2D eigenvalue weighted by atomic mass is 19.4. The first kappa shape index (κ1) is 12.7. The summed E-state index contributed by atoms with van der Waals surface area (Å²) in [6.07, 6.45) is -4.08. The standard InChI is InChI=1S/C12H13F3N2O/c13-12(14,15)7-11(18)17-9-3-4-10-8(6-9)2-1-5-16-10/h3-4,6,16H,1-2,5,7H2,(H,17,18). The van der Waals surface area contributed by atoms with E-state index in [9.17, 15) is 18.0 Å². The Morgan fingerprint density at radius 2 is 2.17 bits per heavy atom. The van der Waals surface area contributed by atoms with Gasteiger partial charge in [-0.1, -0.05) is 0 Å². The molecule has 0 atom stereocenters. The number of benzene rings is 1. The van der Waals surface area contributed by atoms with Gasteiger partial charge in [-0.25, -0.2) is 0 Å². The maximum Gasteiger partial charge on any atom is 0.397 e. The van der Waals surface area contributed by atoms with Crippen molar-refractivity contribution in [2.24, 2.45) is 0 Å². The van der Waals surface area contributed by atoms with Crippen LogP contribution in [0.15, 0.2) is 18.2 Å². The minimum atomic E-state index is -4.47. The molecule has 3 nitrogen and oxygen atoms in total. The van der Waals surface area contributed by atoms with Crippen molar-refractivity contribution in [1.29, 1.82) is 0 Å². The number of halogens is 3. The average Bonchev–Trinajstić information content (AvgIpc) is 2.26. The van der Waals surface area contributed by atoms with Gasteiger partial charge in [-0.2, -0.15) is 13.2 Å². The van der Waals surface area contributed by atoms with Crippen LogP contribution in [-0.4, -0.2) is 18.6 Å². The van der Waals surface area contributed by atoms with E-state index in [2.05, 4.69) is 10.6 Å². The second-order valence-electron chi connectivity index (χ2n) is 4.24. The van der Waals surface area contributed by atoms with Crippen molar-refractivity contribution in [3.63, 3.8) is 0 Å². The predicted molar refractivity (Wildman–Crippen MR) is 62.6 cm³/mol. The Balaban J connectivity index is 2.04. The summed E-state index contributed by atoms with van der Waals surface area (Å²) in [4.78, 5) is 11.1. The monoisotopic (exact) mass is 258 g/mol. The molecule has 98 valence electrons. The Kier molecular flexibility index (Phi) is 3.45. The minimum Gasteiger partial charge on any atom is -0.385 e. The zero-order valence-corrected chi connectivity index (χ0v) is 9.60. The van der Waals surface area contributed by atoms with E-state index < -0.39 is 18.5 Å². The lowest BCUT2D eigenvalue weighted by Crippen LogP contribution is -2.21. The van der Waals surface area contributed by atoms with Gasteiger partial charge in [0.15, 0.2) is 0 Å². The first-order chi connectivity index (χ1) is 8.44. The summed E-state index contributed by atoms with van der Waals surface area (Å²) in [5.41, 5.74) is 2.41. The second-order valence-corrected chi connectivity index (χ2v) is 4.24. The number of carbonyl (C=O) groups is 1. The van der Waals surface area contributed by atoms with Crippen LogP contribution in [0.4, 0.5) is 24.5 Å². The number of alkyl halides is 3. The zero-order valence-electron chi connectivity index (χ0n) is 9.60. The lowest BCUT2D eigenvalue weighted by molar-refractivity contribution is -0.150. The van der Waals surface area contributed by atoms with Gasteiger partial charge >= 0.3 is 6.18 Å². The maximum absolute atomic E-state index is 12.0. The van der Waals surface area contributed by atoms with E-state index in [4.69, 9.17) is 0 Å². The van der Waals surface area contributed by atoms with Crippen LogP contribution in [0.25, 0.3) is 0 Å². The highest BCUT2D eigenvalue weighted by Gasteiger charge is 2.31. The Bertz CT molecular complexity index is 457. The number of anilines is 2. The molecule has 1 amide bonds. The Morgan fingerprint density at radius 3 is 2.89 bits per heavy atom. The summed E-state index contributed by atoms with van der Waals surface area (Å²) in [5, 5.41) is 5.45. The lowest BCUT2D eigenvalue weighted by Gasteiger charge is -2.18. The van der Waals surface area contributed by atoms with Gasteiger partial charge in [0, 0.05) is 17.9 Å². The van der Waals surface area contributed by atoms with Gasteiger partial charge in [0.1, 0.15) is 6.42 Å². The fourth-order valence-electron chi connectivity index (χ4n) is 1.94. The van der Waals surface area contributed by atoms with Gasteiger partial charge in [0.05, 0.1) is 0 Å². The molecule has 0 spiro atoms. The summed E-state index contributed by atoms with van der Waals surface area (Å²) in [6, 6.07) is 5.10. The van der Waals surface area contributed by atoms with Crippen LogP contribution in [0.2, 0.25) is 0 Å². The maximum atomic E-state index is 12.0. The van der Waals surface area contributed by atoms with Crippen molar-refractivity contribution < 1.29 is 18.0 Å². The second kappa shape index (κ2) is 4.88. The number of hydrogen-bond acceptors (Lipinski definition) is 2. The molecule has 1 aliphatic rings. The van der Waals surface area contributed by atoms with Crippen LogP contribution < -0.4 is 10.6 Å². The van der Waals surface area contributed by atoms with Crippen LogP contribution in [0.5, 0.6) is 0 Å². The number of hydrogen-bond donors (Lipinski definition) is 2. The summed E-state index contributed by atoms with van der Waals surface area (Å²) in [7, 11) is 0. The van der Waals surface area contributed by atoms with Crippen molar-refractivity contribution in [1.82, 2.24) is 0 Å². The molecule has 1 heterocycles. The molecule has 0 saturated heterocycles. The van der Waals surface area contributed by atoms with Crippen molar-refractivity contribution in [3.05, 3.63) is 23.8 Å². The molecule has 1 aromatic rings. The van der Waals surface area contributed by atoms with E-state index in [1.807, 2.05) is 0 Å². The Morgan fingerprint density at radius 1 is 1.39 bits per heavy atom. The number of nitrogens with one attached hydrogen (secondary N) is 2. The quantitative estimate of drug-likeness (QED) is 0.856. The first-order valence-electron chi connectivity index (χ1n) is 5.67. The summed E-state index contributed by atoms with van der Waals surface area (Å²) in [6.45, 7) is 0.896. The first-order valence-corrected chi connectivity index (χ1v) is 5.67. The van der Waals surface area contributed by atoms with Crippen LogP contribution in [-0.2, 0) is 11.2 Å². The number of fused-ring (bicyclic) bond motifs is 1. The highest BCUT2D eigenvalue weighted by molar-refractivity contribution is 5.91. The summed E-state index contributed by atoms with van der Waals surface area (Å²) in [5.74, 6) is -1.04. The van der Waals surface area contributed by atoms with Gasteiger partial charge in [0.25, 0.3) is 0 Å².